The summed E-state index contributed by atoms with van der Waals surface area (Å²) in [5.74, 6) is -1.61. The molecule has 1 fully saturated rings. The van der Waals surface area contributed by atoms with Crippen LogP contribution in [0.3, 0.4) is 0 Å². The Bertz CT molecular complexity index is 1140. The molecule has 5 rings (SSSR count). The van der Waals surface area contributed by atoms with E-state index in [0.29, 0.717) is 29.8 Å². The van der Waals surface area contributed by atoms with Crippen LogP contribution in [-0.2, 0) is 17.7 Å². The summed E-state index contributed by atoms with van der Waals surface area (Å²) in [6, 6.07) is 9.23. The van der Waals surface area contributed by atoms with E-state index < -0.39 is 11.6 Å². The summed E-state index contributed by atoms with van der Waals surface area (Å²) < 4.78 is 34.3. The Morgan fingerprint density at radius 1 is 1.06 bits per heavy atom. The monoisotopic (exact) mass is 436 g/mol. The van der Waals surface area contributed by atoms with Crippen LogP contribution >= 0.6 is 0 Å². The van der Waals surface area contributed by atoms with Gasteiger partial charge in [-0.05, 0) is 42.3 Å². The minimum atomic E-state index is -0.690. The second-order valence-electron chi connectivity index (χ2n) is 7.91. The standard InChI is InChI=1S/C24H22F2N4O2/c25-18-3-1-4-19(26)23(18)20-12-15(22-21(29-20)14-28-24(22)31)11-16-5-6-17(13-27-16)30-7-2-9-32-10-8-30/h1,3-6,12-13H,2,7-11,14H2,(H,28,31). The maximum Gasteiger partial charge on any atom is 0.253 e. The topological polar surface area (TPSA) is 67.4 Å². The highest BCUT2D eigenvalue weighted by Crippen LogP contribution is 2.30. The fourth-order valence-corrected chi connectivity index (χ4v) is 4.23. The van der Waals surface area contributed by atoms with Crippen LogP contribution in [0.15, 0.2) is 42.6 Å². The normalized spacial score (nSPS) is 15.9. The summed E-state index contributed by atoms with van der Waals surface area (Å²) in [5.41, 5.74) is 3.35. The molecule has 2 aliphatic rings. The number of halogens is 2. The van der Waals surface area contributed by atoms with Gasteiger partial charge in [0.05, 0.1) is 47.6 Å². The van der Waals surface area contributed by atoms with Gasteiger partial charge < -0.3 is 15.0 Å². The number of ether oxygens (including phenoxy) is 1. The average Bonchev–Trinajstić information content (AvgIpc) is 2.98. The number of nitrogens with zero attached hydrogens (tertiary/aromatic N) is 3. The van der Waals surface area contributed by atoms with Gasteiger partial charge in [0.15, 0.2) is 0 Å². The predicted molar refractivity (Wildman–Crippen MR) is 115 cm³/mol. The molecular formula is C24H22F2N4O2. The Morgan fingerprint density at radius 2 is 1.91 bits per heavy atom. The largest absolute Gasteiger partial charge is 0.380 e. The van der Waals surface area contributed by atoms with E-state index in [2.05, 4.69) is 20.2 Å². The highest BCUT2D eigenvalue weighted by Gasteiger charge is 2.27. The number of anilines is 1. The molecule has 2 aliphatic heterocycles. The fourth-order valence-electron chi connectivity index (χ4n) is 4.23. The summed E-state index contributed by atoms with van der Waals surface area (Å²) in [6.45, 7) is 3.42. The quantitative estimate of drug-likeness (QED) is 0.678. The third-order valence-electron chi connectivity index (χ3n) is 5.81. The zero-order chi connectivity index (χ0) is 22.1. The molecule has 0 bridgehead atoms. The number of benzene rings is 1. The van der Waals surface area contributed by atoms with Crippen molar-refractivity contribution in [2.24, 2.45) is 0 Å². The summed E-state index contributed by atoms with van der Waals surface area (Å²) in [6.07, 6.45) is 3.14. The van der Waals surface area contributed by atoms with Crippen molar-refractivity contribution >= 4 is 11.6 Å². The number of amides is 1. The first kappa shape index (κ1) is 20.5. The van der Waals surface area contributed by atoms with E-state index in [1.807, 2.05) is 18.3 Å². The minimum absolute atomic E-state index is 0.173. The Balaban J connectivity index is 1.48. The molecule has 0 unspecified atom stereocenters. The van der Waals surface area contributed by atoms with E-state index in [1.165, 1.54) is 18.2 Å². The van der Waals surface area contributed by atoms with Gasteiger partial charge in [-0.1, -0.05) is 6.07 Å². The van der Waals surface area contributed by atoms with Crippen LogP contribution < -0.4 is 10.2 Å². The molecule has 164 valence electrons. The average molecular weight is 436 g/mol. The third kappa shape index (κ3) is 3.93. The lowest BCUT2D eigenvalue weighted by Crippen LogP contribution is -2.25. The summed E-state index contributed by atoms with van der Waals surface area (Å²) in [7, 11) is 0. The number of hydrogen-bond acceptors (Lipinski definition) is 5. The van der Waals surface area contributed by atoms with Gasteiger partial charge in [-0.3, -0.25) is 9.78 Å². The predicted octanol–water partition coefficient (Wildman–Crippen LogP) is 3.48. The second-order valence-corrected chi connectivity index (χ2v) is 7.91. The van der Waals surface area contributed by atoms with Gasteiger partial charge in [0.1, 0.15) is 11.6 Å². The molecule has 4 heterocycles. The second kappa shape index (κ2) is 8.63. The van der Waals surface area contributed by atoms with E-state index in [4.69, 9.17) is 4.74 Å². The van der Waals surface area contributed by atoms with E-state index in [0.717, 1.165) is 37.5 Å². The molecule has 0 spiro atoms. The highest BCUT2D eigenvalue weighted by molar-refractivity contribution is 5.99. The van der Waals surface area contributed by atoms with Gasteiger partial charge in [0.25, 0.3) is 5.91 Å². The van der Waals surface area contributed by atoms with Crippen LogP contribution in [0.5, 0.6) is 0 Å². The molecule has 3 aromatic rings. The van der Waals surface area contributed by atoms with Gasteiger partial charge in [0.2, 0.25) is 0 Å². The molecule has 8 heteroatoms. The Morgan fingerprint density at radius 3 is 2.69 bits per heavy atom. The third-order valence-corrected chi connectivity index (χ3v) is 5.81. The first-order chi connectivity index (χ1) is 15.6. The van der Waals surface area contributed by atoms with E-state index in [1.54, 1.807) is 6.07 Å². The molecule has 1 amide bonds. The molecule has 2 aromatic heterocycles. The minimum Gasteiger partial charge on any atom is -0.380 e. The summed E-state index contributed by atoms with van der Waals surface area (Å²) in [5, 5.41) is 2.75. The number of rotatable bonds is 4. The highest BCUT2D eigenvalue weighted by atomic mass is 19.1. The summed E-state index contributed by atoms with van der Waals surface area (Å²) in [4.78, 5) is 23.6. The van der Waals surface area contributed by atoms with Crippen molar-refractivity contribution in [1.29, 1.82) is 0 Å². The van der Waals surface area contributed by atoms with Crippen LogP contribution in [0, 0.1) is 11.6 Å². The van der Waals surface area contributed by atoms with E-state index in [-0.39, 0.29) is 23.7 Å². The first-order valence-electron chi connectivity index (χ1n) is 10.6. The summed E-state index contributed by atoms with van der Waals surface area (Å²) >= 11 is 0. The number of hydrogen-bond donors (Lipinski definition) is 1. The van der Waals surface area contributed by atoms with Crippen LogP contribution in [-0.4, -0.2) is 42.2 Å². The molecule has 1 N–H and O–H groups in total. The van der Waals surface area contributed by atoms with Crippen LogP contribution in [0.25, 0.3) is 11.3 Å². The zero-order valence-corrected chi connectivity index (χ0v) is 17.4. The molecule has 0 atom stereocenters. The maximum atomic E-state index is 14.4. The number of nitrogens with one attached hydrogen (secondary N) is 1. The number of carbonyl (C=O) groups excluding carboxylic acids is 1. The fraction of sp³-hybridized carbons (Fsp3) is 0.292. The van der Waals surface area contributed by atoms with Crippen molar-refractivity contribution < 1.29 is 18.3 Å². The lowest BCUT2D eigenvalue weighted by atomic mass is 9.98. The van der Waals surface area contributed by atoms with Crippen molar-refractivity contribution in [1.82, 2.24) is 15.3 Å². The lowest BCUT2D eigenvalue weighted by molar-refractivity contribution is 0.0965. The van der Waals surface area contributed by atoms with Crippen molar-refractivity contribution in [2.75, 3.05) is 31.2 Å². The number of carbonyl (C=O) groups is 1. The van der Waals surface area contributed by atoms with Gasteiger partial charge in [0, 0.05) is 31.8 Å². The molecule has 6 nitrogen and oxygen atoms in total. The van der Waals surface area contributed by atoms with E-state index in [9.17, 15) is 13.6 Å². The molecule has 32 heavy (non-hydrogen) atoms. The number of fused-ring (bicyclic) bond motifs is 1. The van der Waals surface area contributed by atoms with Crippen molar-refractivity contribution in [3.8, 4) is 11.3 Å². The van der Waals surface area contributed by atoms with Crippen LogP contribution in [0.1, 0.15) is 33.7 Å². The van der Waals surface area contributed by atoms with Gasteiger partial charge in [-0.15, -0.1) is 0 Å². The molecule has 0 saturated carbocycles. The zero-order valence-electron chi connectivity index (χ0n) is 17.4. The van der Waals surface area contributed by atoms with Gasteiger partial charge in [-0.25, -0.2) is 13.8 Å². The molecule has 1 aromatic carbocycles. The van der Waals surface area contributed by atoms with Crippen molar-refractivity contribution in [2.45, 2.75) is 19.4 Å². The van der Waals surface area contributed by atoms with Crippen LogP contribution in [0.4, 0.5) is 14.5 Å². The van der Waals surface area contributed by atoms with Crippen molar-refractivity contribution in [3.05, 3.63) is 76.7 Å². The number of aromatic nitrogens is 2. The molecule has 0 radical (unpaired) electrons. The van der Waals surface area contributed by atoms with Crippen molar-refractivity contribution in [3.63, 3.8) is 0 Å². The smallest absolute Gasteiger partial charge is 0.253 e. The van der Waals surface area contributed by atoms with Gasteiger partial charge >= 0.3 is 0 Å². The first-order valence-corrected chi connectivity index (χ1v) is 10.6. The SMILES string of the molecule is O=C1NCc2nc(-c3c(F)cccc3F)cc(Cc3ccc(N4CCCOCC4)cn3)c21. The number of pyridine rings is 2. The lowest BCUT2D eigenvalue weighted by Gasteiger charge is -2.21. The molecule has 1 saturated heterocycles. The van der Waals surface area contributed by atoms with Crippen LogP contribution in [0.2, 0.25) is 0 Å². The Labute approximate surface area is 184 Å². The maximum absolute atomic E-state index is 14.4. The molecule has 0 aliphatic carbocycles. The Kier molecular flexibility index (Phi) is 5.53. The van der Waals surface area contributed by atoms with Gasteiger partial charge in [-0.2, -0.15) is 0 Å². The van der Waals surface area contributed by atoms with E-state index >= 15 is 0 Å². The molecular weight excluding hydrogens is 414 g/mol. The Hall–Kier alpha value is -3.39.